The summed E-state index contributed by atoms with van der Waals surface area (Å²) in [5.74, 6) is 0.0292. The molecule has 2 N–H and O–H groups in total. The molecule has 0 aliphatic carbocycles. The minimum absolute atomic E-state index is 0.0292. The molecule has 168 valence electrons. The van der Waals surface area contributed by atoms with Crippen molar-refractivity contribution in [3.8, 4) is 5.75 Å². The Morgan fingerprint density at radius 3 is 2.47 bits per heavy atom. The number of aryl methyl sites for hydroxylation is 1. The second-order valence-electron chi connectivity index (χ2n) is 8.25. The molecule has 0 bridgehead atoms. The van der Waals surface area contributed by atoms with E-state index in [-0.39, 0.29) is 24.0 Å². The molecule has 2 aromatic heterocycles. The van der Waals surface area contributed by atoms with Gasteiger partial charge in [0.05, 0.1) is 24.8 Å². The van der Waals surface area contributed by atoms with Crippen LogP contribution in [0.25, 0.3) is 0 Å². The zero-order valence-electron chi connectivity index (χ0n) is 18.4. The molecule has 0 amide bonds. The first-order valence-electron chi connectivity index (χ1n) is 11.0. The molecule has 1 saturated heterocycles. The van der Waals surface area contributed by atoms with Gasteiger partial charge in [-0.3, -0.25) is 19.6 Å². The second kappa shape index (κ2) is 10.1. The SMILES string of the molecule is Cc1cc(O)c(C(c2ccccc2)N2CCN(CCO)CC2)c(=O)n1Cc1cccnc1. The highest BCUT2D eigenvalue weighted by Gasteiger charge is 2.31. The largest absolute Gasteiger partial charge is 0.507 e. The Labute approximate surface area is 188 Å². The highest BCUT2D eigenvalue weighted by atomic mass is 16.3. The monoisotopic (exact) mass is 434 g/mol. The lowest BCUT2D eigenvalue weighted by Crippen LogP contribution is -2.49. The van der Waals surface area contributed by atoms with E-state index in [0.29, 0.717) is 24.3 Å². The third kappa shape index (κ3) is 4.75. The fourth-order valence-corrected chi connectivity index (χ4v) is 4.48. The summed E-state index contributed by atoms with van der Waals surface area (Å²) >= 11 is 0. The lowest BCUT2D eigenvalue weighted by Gasteiger charge is -2.39. The number of rotatable bonds is 7. The maximum atomic E-state index is 13.8. The Bertz CT molecular complexity index is 1080. The molecule has 32 heavy (non-hydrogen) atoms. The van der Waals surface area contributed by atoms with Crippen molar-refractivity contribution in [1.82, 2.24) is 19.4 Å². The van der Waals surface area contributed by atoms with E-state index in [4.69, 9.17) is 0 Å². The van der Waals surface area contributed by atoms with Crippen molar-refractivity contribution in [2.24, 2.45) is 0 Å². The van der Waals surface area contributed by atoms with Crippen molar-refractivity contribution in [2.45, 2.75) is 19.5 Å². The first kappa shape index (κ1) is 22.2. The van der Waals surface area contributed by atoms with Gasteiger partial charge in [0.15, 0.2) is 0 Å². The number of piperazine rings is 1. The van der Waals surface area contributed by atoms with Crippen molar-refractivity contribution in [3.05, 3.63) is 93.7 Å². The van der Waals surface area contributed by atoms with Gasteiger partial charge in [0, 0.05) is 50.8 Å². The third-order valence-electron chi connectivity index (χ3n) is 6.16. The molecule has 1 aliphatic rings. The van der Waals surface area contributed by atoms with Gasteiger partial charge in [-0.15, -0.1) is 0 Å². The fourth-order valence-electron chi connectivity index (χ4n) is 4.48. The number of hydrogen-bond donors (Lipinski definition) is 2. The van der Waals surface area contributed by atoms with Gasteiger partial charge in [0.25, 0.3) is 5.56 Å². The molecule has 1 unspecified atom stereocenters. The number of benzene rings is 1. The van der Waals surface area contributed by atoms with Crippen LogP contribution in [-0.2, 0) is 6.54 Å². The van der Waals surface area contributed by atoms with Crippen LogP contribution in [0.3, 0.4) is 0 Å². The van der Waals surface area contributed by atoms with Gasteiger partial charge in [-0.25, -0.2) is 0 Å². The predicted octanol–water partition coefficient (Wildman–Crippen LogP) is 2.00. The van der Waals surface area contributed by atoms with Crippen LogP contribution < -0.4 is 5.56 Å². The zero-order chi connectivity index (χ0) is 22.5. The van der Waals surface area contributed by atoms with Crippen LogP contribution in [0.5, 0.6) is 5.75 Å². The quantitative estimate of drug-likeness (QED) is 0.592. The number of hydrogen-bond acceptors (Lipinski definition) is 6. The third-order valence-corrected chi connectivity index (χ3v) is 6.16. The standard InChI is InChI=1S/C25H30N4O3/c1-19-16-22(31)23(25(32)29(19)18-20-6-5-9-26-17-20)24(21-7-3-2-4-8-21)28-12-10-27(11-13-28)14-15-30/h2-9,16-17,24,30-31H,10-15,18H2,1H3. The number of aliphatic hydroxyl groups excluding tert-OH is 1. The van der Waals surface area contributed by atoms with Gasteiger partial charge in [0.2, 0.25) is 0 Å². The van der Waals surface area contributed by atoms with Crippen molar-refractivity contribution >= 4 is 0 Å². The first-order valence-corrected chi connectivity index (χ1v) is 11.0. The van der Waals surface area contributed by atoms with E-state index in [0.717, 1.165) is 37.3 Å². The summed E-state index contributed by atoms with van der Waals surface area (Å²) in [6.07, 6.45) is 3.47. The normalized spacial score (nSPS) is 16.2. The highest BCUT2D eigenvalue weighted by Crippen LogP contribution is 2.33. The molecule has 1 fully saturated rings. The van der Waals surface area contributed by atoms with E-state index < -0.39 is 0 Å². The maximum Gasteiger partial charge on any atom is 0.259 e. The summed E-state index contributed by atoms with van der Waals surface area (Å²) in [5.41, 5.74) is 2.84. The molecule has 3 aromatic rings. The molecule has 0 saturated carbocycles. The van der Waals surface area contributed by atoms with Gasteiger partial charge in [-0.05, 0) is 30.2 Å². The van der Waals surface area contributed by atoms with E-state index >= 15 is 0 Å². The summed E-state index contributed by atoms with van der Waals surface area (Å²) in [5, 5.41) is 20.2. The minimum Gasteiger partial charge on any atom is -0.507 e. The molecule has 1 atom stereocenters. The van der Waals surface area contributed by atoms with Crippen LogP contribution >= 0.6 is 0 Å². The van der Waals surface area contributed by atoms with Crippen molar-refractivity contribution in [1.29, 1.82) is 0 Å². The Kier molecular flexibility index (Phi) is 6.99. The van der Waals surface area contributed by atoms with E-state index in [1.165, 1.54) is 0 Å². The maximum absolute atomic E-state index is 13.8. The van der Waals surface area contributed by atoms with Crippen LogP contribution in [0.1, 0.15) is 28.4 Å². The van der Waals surface area contributed by atoms with Gasteiger partial charge < -0.3 is 14.8 Å². The van der Waals surface area contributed by atoms with E-state index in [9.17, 15) is 15.0 Å². The summed E-state index contributed by atoms with van der Waals surface area (Å²) in [4.78, 5) is 22.4. The van der Waals surface area contributed by atoms with Gasteiger partial charge in [-0.2, -0.15) is 0 Å². The number of β-amino-alcohol motifs (C(OH)–C–C–N with tert-alkyl or cyclic N) is 1. The average molecular weight is 435 g/mol. The van der Waals surface area contributed by atoms with Crippen molar-refractivity contribution in [2.75, 3.05) is 39.3 Å². The molecule has 4 rings (SSSR count). The molecule has 1 aliphatic heterocycles. The summed E-state index contributed by atoms with van der Waals surface area (Å²) in [6, 6.07) is 15.0. The van der Waals surface area contributed by atoms with Crippen LogP contribution in [0, 0.1) is 6.92 Å². The molecule has 7 heteroatoms. The lowest BCUT2D eigenvalue weighted by molar-refractivity contribution is 0.0932. The van der Waals surface area contributed by atoms with Crippen molar-refractivity contribution < 1.29 is 10.2 Å². The topological polar surface area (TPSA) is 81.8 Å². The number of aromatic nitrogens is 2. The smallest absolute Gasteiger partial charge is 0.259 e. The molecular weight excluding hydrogens is 404 g/mol. The Hall–Kier alpha value is -3.00. The van der Waals surface area contributed by atoms with Crippen LogP contribution in [0.4, 0.5) is 0 Å². The highest BCUT2D eigenvalue weighted by molar-refractivity contribution is 5.41. The van der Waals surface area contributed by atoms with Crippen LogP contribution in [-0.4, -0.2) is 68.9 Å². The van der Waals surface area contributed by atoms with Gasteiger partial charge in [0.1, 0.15) is 5.75 Å². The van der Waals surface area contributed by atoms with Crippen molar-refractivity contribution in [3.63, 3.8) is 0 Å². The zero-order valence-corrected chi connectivity index (χ0v) is 18.4. The number of aromatic hydroxyl groups is 1. The summed E-state index contributed by atoms with van der Waals surface area (Å²) in [6.45, 7) is 6.13. The molecule has 0 radical (unpaired) electrons. The Balaban J connectivity index is 1.76. The van der Waals surface area contributed by atoms with Gasteiger partial charge in [-0.1, -0.05) is 36.4 Å². The number of nitrogens with zero attached hydrogens (tertiary/aromatic N) is 4. The van der Waals surface area contributed by atoms with E-state index in [1.807, 2.05) is 49.4 Å². The fraction of sp³-hybridized carbons (Fsp3) is 0.360. The number of pyridine rings is 2. The number of aliphatic hydroxyl groups is 1. The molecule has 0 spiro atoms. The molecule has 1 aromatic carbocycles. The lowest BCUT2D eigenvalue weighted by atomic mass is 9.96. The van der Waals surface area contributed by atoms with Crippen LogP contribution in [0.2, 0.25) is 0 Å². The first-order chi connectivity index (χ1) is 15.6. The molecule has 3 heterocycles. The Morgan fingerprint density at radius 2 is 1.81 bits per heavy atom. The second-order valence-corrected chi connectivity index (χ2v) is 8.25. The van der Waals surface area contributed by atoms with E-state index in [2.05, 4.69) is 14.8 Å². The van der Waals surface area contributed by atoms with Gasteiger partial charge >= 0.3 is 0 Å². The molecule has 7 nitrogen and oxygen atoms in total. The van der Waals surface area contributed by atoms with Crippen LogP contribution in [0.15, 0.2) is 65.7 Å². The predicted molar refractivity (Wildman–Crippen MR) is 124 cm³/mol. The summed E-state index contributed by atoms with van der Waals surface area (Å²) in [7, 11) is 0. The molecular formula is C25H30N4O3. The Morgan fingerprint density at radius 1 is 1.06 bits per heavy atom. The van der Waals surface area contributed by atoms with E-state index in [1.54, 1.807) is 23.0 Å². The summed E-state index contributed by atoms with van der Waals surface area (Å²) < 4.78 is 1.71. The average Bonchev–Trinajstić information content (AvgIpc) is 2.81. The minimum atomic E-state index is -0.347.